The van der Waals surface area contributed by atoms with Gasteiger partial charge in [0.25, 0.3) is 0 Å². The lowest BCUT2D eigenvalue weighted by Gasteiger charge is -2.27. The third-order valence-corrected chi connectivity index (χ3v) is 7.99. The summed E-state index contributed by atoms with van der Waals surface area (Å²) in [4.78, 5) is -0.183. The Morgan fingerprint density at radius 2 is 2.15 bits per heavy atom. The van der Waals surface area contributed by atoms with Crippen molar-refractivity contribution in [3.8, 4) is 5.75 Å². The zero-order valence-electron chi connectivity index (χ0n) is 11.3. The molecule has 0 aliphatic carbocycles. The van der Waals surface area contributed by atoms with Crippen LogP contribution in [0.15, 0.2) is 22.7 Å². The second-order valence-corrected chi connectivity index (χ2v) is 9.10. The van der Waals surface area contributed by atoms with Gasteiger partial charge in [0.05, 0.1) is 22.4 Å². The standard InChI is InChI=1S/C14H18Br2O3S/c1-2-19-10-6-7-11(12(15)9-10)14(16)13-5-3-4-8-20(13,17)18/h6-7,9,13-14H,2-5,8H2,1H3. The number of hydrogen-bond acceptors (Lipinski definition) is 3. The molecule has 0 N–H and O–H groups in total. The molecule has 2 rings (SSSR count). The maximum absolute atomic E-state index is 12.2. The van der Waals surface area contributed by atoms with Crippen molar-refractivity contribution in [2.24, 2.45) is 0 Å². The predicted molar refractivity (Wildman–Crippen MR) is 88.4 cm³/mol. The molecule has 3 nitrogen and oxygen atoms in total. The summed E-state index contributed by atoms with van der Waals surface area (Å²) in [6, 6.07) is 5.70. The summed E-state index contributed by atoms with van der Waals surface area (Å²) < 4.78 is 30.7. The van der Waals surface area contributed by atoms with Gasteiger partial charge in [-0.05, 0) is 37.5 Å². The maximum Gasteiger partial charge on any atom is 0.154 e. The molecule has 1 aliphatic heterocycles. The Hall–Kier alpha value is -0.0700. The molecule has 0 spiro atoms. The summed E-state index contributed by atoms with van der Waals surface area (Å²) in [5.74, 6) is 1.09. The van der Waals surface area contributed by atoms with Crippen molar-refractivity contribution in [2.45, 2.75) is 36.3 Å². The van der Waals surface area contributed by atoms with Gasteiger partial charge >= 0.3 is 0 Å². The minimum Gasteiger partial charge on any atom is -0.494 e. The largest absolute Gasteiger partial charge is 0.494 e. The molecule has 112 valence electrons. The summed E-state index contributed by atoms with van der Waals surface area (Å²) in [6.45, 7) is 2.55. The number of hydrogen-bond donors (Lipinski definition) is 0. The number of sulfone groups is 1. The van der Waals surface area contributed by atoms with Crippen LogP contribution in [0, 0.1) is 0 Å². The molecular formula is C14H18Br2O3S. The van der Waals surface area contributed by atoms with Gasteiger partial charge in [-0.15, -0.1) is 0 Å². The van der Waals surface area contributed by atoms with Crippen LogP contribution < -0.4 is 4.74 Å². The fourth-order valence-corrected chi connectivity index (χ4v) is 7.00. The third-order valence-electron chi connectivity index (χ3n) is 3.54. The van der Waals surface area contributed by atoms with Gasteiger partial charge in [0.15, 0.2) is 9.84 Å². The highest BCUT2D eigenvalue weighted by Gasteiger charge is 2.35. The summed E-state index contributed by atoms with van der Waals surface area (Å²) in [5.41, 5.74) is 0.962. The summed E-state index contributed by atoms with van der Waals surface area (Å²) in [7, 11) is -3.01. The number of rotatable bonds is 4. The van der Waals surface area contributed by atoms with Crippen molar-refractivity contribution in [3.05, 3.63) is 28.2 Å². The topological polar surface area (TPSA) is 43.4 Å². The molecule has 2 unspecified atom stereocenters. The first-order chi connectivity index (χ1) is 9.45. The molecule has 1 heterocycles. The molecule has 0 saturated carbocycles. The Labute approximate surface area is 137 Å². The van der Waals surface area contributed by atoms with Crippen molar-refractivity contribution in [3.63, 3.8) is 0 Å². The van der Waals surface area contributed by atoms with E-state index in [1.807, 2.05) is 25.1 Å². The minimum atomic E-state index is -3.01. The van der Waals surface area contributed by atoms with Crippen molar-refractivity contribution in [2.75, 3.05) is 12.4 Å². The van der Waals surface area contributed by atoms with Crippen LogP contribution in [-0.4, -0.2) is 26.0 Å². The Kier molecular flexibility index (Phi) is 5.54. The molecule has 20 heavy (non-hydrogen) atoms. The van der Waals surface area contributed by atoms with Crippen LogP contribution in [0.5, 0.6) is 5.75 Å². The molecule has 0 aromatic heterocycles. The fourth-order valence-electron chi connectivity index (χ4n) is 2.50. The average Bonchev–Trinajstić information content (AvgIpc) is 2.38. The van der Waals surface area contributed by atoms with Gasteiger partial charge in [0, 0.05) is 4.47 Å². The van der Waals surface area contributed by atoms with Crippen molar-refractivity contribution < 1.29 is 13.2 Å². The highest BCUT2D eigenvalue weighted by molar-refractivity contribution is 9.11. The maximum atomic E-state index is 12.2. The average molecular weight is 426 g/mol. The SMILES string of the molecule is CCOc1ccc(C(Br)C2CCCCS2(=O)=O)c(Br)c1. The van der Waals surface area contributed by atoms with E-state index in [9.17, 15) is 8.42 Å². The molecule has 1 saturated heterocycles. The van der Waals surface area contributed by atoms with E-state index in [1.165, 1.54) is 0 Å². The van der Waals surface area contributed by atoms with E-state index in [1.54, 1.807) is 0 Å². The van der Waals surface area contributed by atoms with Gasteiger partial charge in [0.1, 0.15) is 5.75 Å². The van der Waals surface area contributed by atoms with Crippen molar-refractivity contribution in [1.29, 1.82) is 0 Å². The van der Waals surface area contributed by atoms with Crippen LogP contribution in [0.25, 0.3) is 0 Å². The van der Waals surface area contributed by atoms with Gasteiger partial charge in [-0.25, -0.2) is 8.42 Å². The summed E-state index contributed by atoms with van der Waals surface area (Å²) in [6.07, 6.45) is 2.47. The van der Waals surface area contributed by atoms with Crippen LogP contribution >= 0.6 is 31.9 Å². The van der Waals surface area contributed by atoms with Crippen molar-refractivity contribution in [1.82, 2.24) is 0 Å². The molecule has 1 aliphatic rings. The van der Waals surface area contributed by atoms with Gasteiger partial charge in [-0.3, -0.25) is 0 Å². The highest BCUT2D eigenvalue weighted by atomic mass is 79.9. The van der Waals surface area contributed by atoms with Crippen LogP contribution in [0.2, 0.25) is 0 Å². The van der Waals surface area contributed by atoms with Crippen LogP contribution in [-0.2, 0) is 9.84 Å². The zero-order valence-corrected chi connectivity index (χ0v) is 15.3. The Bertz CT molecular complexity index is 572. The number of alkyl halides is 1. The monoisotopic (exact) mass is 424 g/mol. The molecular weight excluding hydrogens is 408 g/mol. The minimum absolute atomic E-state index is 0.183. The molecule has 0 amide bonds. The van der Waals surface area contributed by atoms with E-state index in [2.05, 4.69) is 31.9 Å². The lowest BCUT2D eigenvalue weighted by atomic mass is 10.0. The predicted octanol–water partition coefficient (Wildman–Crippen LogP) is 4.25. The molecule has 1 aromatic rings. The van der Waals surface area contributed by atoms with Gasteiger partial charge in [0.2, 0.25) is 0 Å². The molecule has 1 aromatic carbocycles. The van der Waals surface area contributed by atoms with E-state index < -0.39 is 9.84 Å². The number of benzene rings is 1. The van der Waals surface area contributed by atoms with E-state index in [0.717, 1.165) is 35.0 Å². The summed E-state index contributed by atoms with van der Waals surface area (Å²) >= 11 is 7.10. The molecule has 1 fully saturated rings. The molecule has 2 atom stereocenters. The van der Waals surface area contributed by atoms with Crippen LogP contribution in [0.1, 0.15) is 36.6 Å². The first kappa shape index (κ1) is 16.3. The first-order valence-corrected chi connectivity index (χ1v) is 10.2. The van der Waals surface area contributed by atoms with Gasteiger partial charge in [-0.1, -0.05) is 44.3 Å². The zero-order chi connectivity index (χ0) is 14.8. The molecule has 6 heteroatoms. The number of halogens is 2. The normalized spacial score (nSPS) is 23.2. The fraction of sp³-hybridized carbons (Fsp3) is 0.571. The van der Waals surface area contributed by atoms with Crippen molar-refractivity contribution >= 4 is 41.7 Å². The van der Waals surface area contributed by atoms with Gasteiger partial charge in [-0.2, -0.15) is 0 Å². The van der Waals surface area contributed by atoms with E-state index in [-0.39, 0.29) is 10.1 Å². The Morgan fingerprint density at radius 3 is 2.75 bits per heavy atom. The van der Waals surface area contributed by atoms with E-state index in [4.69, 9.17) is 4.74 Å². The van der Waals surface area contributed by atoms with E-state index >= 15 is 0 Å². The smallest absolute Gasteiger partial charge is 0.154 e. The quantitative estimate of drug-likeness (QED) is 0.677. The van der Waals surface area contributed by atoms with E-state index in [0.29, 0.717) is 12.4 Å². The van der Waals surface area contributed by atoms with Crippen LogP contribution in [0.3, 0.4) is 0 Å². The Balaban J connectivity index is 2.26. The van der Waals surface area contributed by atoms with Crippen LogP contribution in [0.4, 0.5) is 0 Å². The lowest BCUT2D eigenvalue weighted by Crippen LogP contribution is -2.31. The Morgan fingerprint density at radius 1 is 1.40 bits per heavy atom. The second kappa shape index (κ2) is 6.79. The molecule has 0 bridgehead atoms. The summed E-state index contributed by atoms with van der Waals surface area (Å²) in [5, 5.41) is -0.342. The molecule has 0 radical (unpaired) electrons. The lowest BCUT2D eigenvalue weighted by molar-refractivity contribution is 0.340. The third kappa shape index (κ3) is 3.57. The second-order valence-electron chi connectivity index (χ2n) is 4.92. The number of ether oxygens (including phenoxy) is 1. The first-order valence-electron chi connectivity index (χ1n) is 6.73. The van der Waals surface area contributed by atoms with Gasteiger partial charge < -0.3 is 4.74 Å². The highest BCUT2D eigenvalue weighted by Crippen LogP contribution is 2.40.